The van der Waals surface area contributed by atoms with Crippen LogP contribution in [0, 0.1) is 0 Å². The van der Waals surface area contributed by atoms with Crippen molar-refractivity contribution >= 4 is 44.4 Å². The number of fused-ring (bicyclic) bond motifs is 1. The van der Waals surface area contributed by atoms with E-state index in [1.165, 1.54) is 0 Å². The summed E-state index contributed by atoms with van der Waals surface area (Å²) in [6.07, 6.45) is 1.31. The summed E-state index contributed by atoms with van der Waals surface area (Å²) in [6.45, 7) is 1.01. The molecule has 38 heavy (non-hydrogen) atoms. The number of nitrogens with zero attached hydrogens (tertiary/aromatic N) is 4. The van der Waals surface area contributed by atoms with E-state index in [0.717, 1.165) is 54.4 Å². The summed E-state index contributed by atoms with van der Waals surface area (Å²) in [6, 6.07) is 2.00. The average molecular weight is 617 g/mol. The normalized spacial score (nSPS) is 23.8. The molecular formula is C24H34BrN5O7S. The standard InChI is InChI=1S/C24H34BrN5O7S/c25-14-9-15(38-12-14)11-36-22-17-21(28-24(26)29-22)30(13-27-17)7-5-3-1-2-4-6-8-35-23-20(34)19(33)18(32)16(10-31)37-23/h9,12-13,16,18-20,23,31-34H,1-8,10-11H2,(H2,26,28,29)/t16-,18+,19-,20-,23-/m0/s1. The Labute approximate surface area is 232 Å². The second-order valence-corrected chi connectivity index (χ2v) is 11.1. The average Bonchev–Trinajstić information content (AvgIpc) is 3.51. The molecule has 210 valence electrons. The van der Waals surface area contributed by atoms with Gasteiger partial charge >= 0.3 is 0 Å². The van der Waals surface area contributed by atoms with Crippen LogP contribution in [-0.2, 0) is 22.6 Å². The molecule has 0 aromatic carbocycles. The van der Waals surface area contributed by atoms with Gasteiger partial charge in [0.15, 0.2) is 17.5 Å². The van der Waals surface area contributed by atoms with Crippen LogP contribution in [0.3, 0.4) is 0 Å². The van der Waals surface area contributed by atoms with Gasteiger partial charge in [0, 0.05) is 27.9 Å². The number of unbranched alkanes of at least 4 members (excludes halogenated alkanes) is 5. The summed E-state index contributed by atoms with van der Waals surface area (Å²) in [5.41, 5.74) is 7.18. The molecule has 0 unspecified atom stereocenters. The summed E-state index contributed by atoms with van der Waals surface area (Å²) in [5.74, 6) is 0.522. The first-order valence-corrected chi connectivity index (χ1v) is 14.3. The fraction of sp³-hybridized carbons (Fsp3) is 0.625. The summed E-state index contributed by atoms with van der Waals surface area (Å²) < 4.78 is 19.7. The SMILES string of the molecule is Nc1nc(OCc2cc(Br)cs2)c2ncn(CCCCCCCCO[C@H]3O[C@@H](CO)[C@@H](O)[C@H](O)[C@@H]3O)c2n1. The Balaban J connectivity index is 1.14. The molecule has 4 rings (SSSR count). The first-order chi connectivity index (χ1) is 18.4. The summed E-state index contributed by atoms with van der Waals surface area (Å²) in [4.78, 5) is 14.1. The van der Waals surface area contributed by atoms with Crippen molar-refractivity contribution in [3.05, 3.63) is 27.1 Å². The molecule has 0 aliphatic carbocycles. The number of anilines is 1. The molecule has 3 aromatic rings. The van der Waals surface area contributed by atoms with Gasteiger partial charge in [0.2, 0.25) is 11.8 Å². The molecule has 14 heteroatoms. The van der Waals surface area contributed by atoms with Gasteiger partial charge in [-0.15, -0.1) is 11.3 Å². The van der Waals surface area contributed by atoms with Gasteiger partial charge in [0.05, 0.1) is 12.9 Å². The predicted octanol–water partition coefficient (Wildman–Crippen LogP) is 1.97. The lowest BCUT2D eigenvalue weighted by Gasteiger charge is -2.39. The van der Waals surface area contributed by atoms with Crippen LogP contribution in [0.25, 0.3) is 11.2 Å². The van der Waals surface area contributed by atoms with Gasteiger partial charge in [-0.3, -0.25) is 0 Å². The van der Waals surface area contributed by atoms with E-state index in [1.807, 2.05) is 16.0 Å². The highest BCUT2D eigenvalue weighted by molar-refractivity contribution is 9.10. The van der Waals surface area contributed by atoms with Crippen molar-refractivity contribution in [2.24, 2.45) is 0 Å². The Morgan fingerprint density at radius 3 is 2.55 bits per heavy atom. The van der Waals surface area contributed by atoms with Crippen molar-refractivity contribution in [1.82, 2.24) is 19.5 Å². The van der Waals surface area contributed by atoms with E-state index in [0.29, 0.717) is 30.3 Å². The van der Waals surface area contributed by atoms with E-state index in [4.69, 9.17) is 19.9 Å². The fourth-order valence-electron chi connectivity index (χ4n) is 4.26. The molecule has 0 radical (unpaired) electrons. The highest BCUT2D eigenvalue weighted by Crippen LogP contribution is 2.26. The topological polar surface area (TPSA) is 178 Å². The third-order valence-electron chi connectivity index (χ3n) is 6.35. The number of aliphatic hydroxyl groups excluding tert-OH is 4. The zero-order valence-electron chi connectivity index (χ0n) is 20.9. The number of aromatic nitrogens is 4. The van der Waals surface area contributed by atoms with E-state index in [1.54, 1.807) is 17.7 Å². The van der Waals surface area contributed by atoms with Crippen molar-refractivity contribution in [2.75, 3.05) is 18.9 Å². The van der Waals surface area contributed by atoms with E-state index >= 15 is 0 Å². The number of hydrogen-bond donors (Lipinski definition) is 5. The van der Waals surface area contributed by atoms with Gasteiger partial charge in [-0.2, -0.15) is 9.97 Å². The van der Waals surface area contributed by atoms with Gasteiger partial charge in [-0.05, 0) is 34.8 Å². The second-order valence-electron chi connectivity index (χ2n) is 9.21. The number of aryl methyl sites for hydroxylation is 1. The molecule has 4 heterocycles. The predicted molar refractivity (Wildman–Crippen MR) is 144 cm³/mol. The minimum Gasteiger partial charge on any atom is -0.470 e. The zero-order valence-corrected chi connectivity index (χ0v) is 23.3. The van der Waals surface area contributed by atoms with Gasteiger partial charge in [-0.25, -0.2) is 4.98 Å². The van der Waals surface area contributed by atoms with Gasteiger partial charge < -0.3 is 44.9 Å². The number of ether oxygens (including phenoxy) is 3. The minimum atomic E-state index is -1.42. The molecule has 0 saturated carbocycles. The molecule has 0 amide bonds. The lowest BCUT2D eigenvalue weighted by Crippen LogP contribution is -2.59. The quantitative estimate of drug-likeness (QED) is 0.167. The van der Waals surface area contributed by atoms with E-state index in [9.17, 15) is 20.4 Å². The zero-order chi connectivity index (χ0) is 27.1. The van der Waals surface area contributed by atoms with E-state index in [2.05, 4.69) is 30.9 Å². The number of rotatable bonds is 14. The lowest BCUT2D eigenvalue weighted by atomic mass is 9.99. The van der Waals surface area contributed by atoms with Crippen LogP contribution >= 0.6 is 27.3 Å². The largest absolute Gasteiger partial charge is 0.470 e. The number of nitrogen functional groups attached to an aromatic ring is 1. The Hall–Kier alpha value is -1.91. The molecule has 6 N–H and O–H groups in total. The van der Waals surface area contributed by atoms with Crippen LogP contribution < -0.4 is 10.5 Å². The molecule has 5 atom stereocenters. The van der Waals surface area contributed by atoms with E-state index < -0.39 is 37.3 Å². The van der Waals surface area contributed by atoms with Gasteiger partial charge in [-0.1, -0.05) is 25.7 Å². The maximum atomic E-state index is 10.00. The Morgan fingerprint density at radius 1 is 1.05 bits per heavy atom. The molecular weight excluding hydrogens is 582 g/mol. The van der Waals surface area contributed by atoms with Crippen LogP contribution in [-0.4, -0.2) is 83.9 Å². The monoisotopic (exact) mass is 615 g/mol. The van der Waals surface area contributed by atoms with Crippen molar-refractivity contribution in [2.45, 2.75) is 82.4 Å². The van der Waals surface area contributed by atoms with Crippen LogP contribution in [0.5, 0.6) is 5.88 Å². The maximum absolute atomic E-state index is 10.00. The smallest absolute Gasteiger partial charge is 0.247 e. The van der Waals surface area contributed by atoms with Crippen LogP contribution in [0.15, 0.2) is 22.2 Å². The Morgan fingerprint density at radius 2 is 1.82 bits per heavy atom. The molecule has 1 aliphatic rings. The van der Waals surface area contributed by atoms with Gasteiger partial charge in [0.25, 0.3) is 0 Å². The lowest BCUT2D eigenvalue weighted by molar-refractivity contribution is -0.301. The first-order valence-electron chi connectivity index (χ1n) is 12.6. The van der Waals surface area contributed by atoms with E-state index in [-0.39, 0.29) is 5.95 Å². The molecule has 0 bridgehead atoms. The fourth-order valence-corrected chi connectivity index (χ4v) is 5.63. The van der Waals surface area contributed by atoms with Gasteiger partial charge in [0.1, 0.15) is 31.0 Å². The molecule has 1 fully saturated rings. The molecule has 1 saturated heterocycles. The number of nitrogens with two attached hydrogens (primary N) is 1. The minimum absolute atomic E-state index is 0.146. The Bertz CT molecular complexity index is 1160. The maximum Gasteiger partial charge on any atom is 0.247 e. The third-order valence-corrected chi connectivity index (χ3v) is 8.02. The summed E-state index contributed by atoms with van der Waals surface area (Å²) in [7, 11) is 0. The summed E-state index contributed by atoms with van der Waals surface area (Å²) in [5, 5.41) is 40.9. The third kappa shape index (κ3) is 7.39. The van der Waals surface area contributed by atoms with Crippen molar-refractivity contribution < 1.29 is 34.6 Å². The molecule has 3 aromatic heterocycles. The number of thiophene rings is 1. The van der Waals surface area contributed by atoms with Crippen molar-refractivity contribution in [1.29, 1.82) is 0 Å². The molecule has 0 spiro atoms. The molecule has 1 aliphatic heterocycles. The van der Waals surface area contributed by atoms with Crippen molar-refractivity contribution in [3.63, 3.8) is 0 Å². The van der Waals surface area contributed by atoms with Crippen LogP contribution in [0.1, 0.15) is 43.4 Å². The summed E-state index contributed by atoms with van der Waals surface area (Å²) >= 11 is 5.03. The second kappa shape index (κ2) is 13.9. The highest BCUT2D eigenvalue weighted by Gasteiger charge is 2.43. The first kappa shape index (κ1) is 29.1. The number of halogens is 1. The highest BCUT2D eigenvalue weighted by atomic mass is 79.9. The van der Waals surface area contributed by atoms with Crippen LogP contribution in [0.4, 0.5) is 5.95 Å². The molecule has 12 nitrogen and oxygen atoms in total. The van der Waals surface area contributed by atoms with Crippen LogP contribution in [0.2, 0.25) is 0 Å². The van der Waals surface area contributed by atoms with Crippen molar-refractivity contribution in [3.8, 4) is 5.88 Å². The Kier molecular flexibility index (Phi) is 10.7. The number of hydrogen-bond acceptors (Lipinski definition) is 12. The number of aliphatic hydroxyl groups is 4. The number of imidazole rings is 1.